The fourth-order valence-corrected chi connectivity index (χ4v) is 2.45. The Bertz CT molecular complexity index is 608. The molecule has 0 spiro atoms. The van der Waals surface area contributed by atoms with Gasteiger partial charge in [0.1, 0.15) is 11.6 Å². The van der Waals surface area contributed by atoms with E-state index in [-0.39, 0.29) is 5.82 Å². The molecule has 0 saturated heterocycles. The molecule has 1 N–H and O–H groups in total. The van der Waals surface area contributed by atoms with E-state index in [1.807, 2.05) is 6.07 Å². The SMILES string of the molecule is COc1ccc(F)c(NCc2ccccc2C2CC2)c1. The Hall–Kier alpha value is -2.03. The first-order valence-electron chi connectivity index (χ1n) is 6.93. The van der Waals surface area contributed by atoms with Gasteiger partial charge in [0.15, 0.2) is 0 Å². The van der Waals surface area contributed by atoms with Crippen molar-refractivity contribution in [2.24, 2.45) is 0 Å². The quantitative estimate of drug-likeness (QED) is 0.874. The van der Waals surface area contributed by atoms with Crippen LogP contribution in [0.25, 0.3) is 0 Å². The molecule has 3 rings (SSSR count). The minimum atomic E-state index is -0.255. The smallest absolute Gasteiger partial charge is 0.146 e. The predicted octanol–water partition coefficient (Wildman–Crippen LogP) is 4.32. The Morgan fingerprint density at radius 2 is 2.00 bits per heavy atom. The predicted molar refractivity (Wildman–Crippen MR) is 78.7 cm³/mol. The molecule has 0 radical (unpaired) electrons. The summed E-state index contributed by atoms with van der Waals surface area (Å²) >= 11 is 0. The van der Waals surface area contributed by atoms with Gasteiger partial charge in [-0.2, -0.15) is 0 Å². The molecule has 104 valence electrons. The van der Waals surface area contributed by atoms with Crippen LogP contribution in [0.5, 0.6) is 5.75 Å². The molecule has 0 bridgehead atoms. The van der Waals surface area contributed by atoms with Crippen molar-refractivity contribution in [3.8, 4) is 5.75 Å². The lowest BCUT2D eigenvalue weighted by molar-refractivity contribution is 0.414. The summed E-state index contributed by atoms with van der Waals surface area (Å²) < 4.78 is 18.9. The van der Waals surface area contributed by atoms with Crippen molar-refractivity contribution in [3.63, 3.8) is 0 Å². The fraction of sp³-hybridized carbons (Fsp3) is 0.294. The van der Waals surface area contributed by atoms with E-state index >= 15 is 0 Å². The van der Waals surface area contributed by atoms with Crippen LogP contribution in [0.15, 0.2) is 42.5 Å². The molecule has 0 unspecified atom stereocenters. The summed E-state index contributed by atoms with van der Waals surface area (Å²) in [7, 11) is 1.58. The van der Waals surface area contributed by atoms with Crippen LogP contribution >= 0.6 is 0 Å². The van der Waals surface area contributed by atoms with Crippen LogP contribution in [-0.4, -0.2) is 7.11 Å². The number of benzene rings is 2. The molecule has 1 saturated carbocycles. The van der Waals surface area contributed by atoms with Gasteiger partial charge in [-0.25, -0.2) is 4.39 Å². The maximum atomic E-state index is 13.8. The average molecular weight is 271 g/mol. The van der Waals surface area contributed by atoms with E-state index in [9.17, 15) is 4.39 Å². The molecular formula is C17H18FNO. The summed E-state index contributed by atoms with van der Waals surface area (Å²) in [6.45, 7) is 0.636. The second kappa shape index (κ2) is 5.53. The van der Waals surface area contributed by atoms with Crippen LogP contribution in [0, 0.1) is 5.82 Å². The fourth-order valence-electron chi connectivity index (χ4n) is 2.45. The van der Waals surface area contributed by atoms with Crippen molar-refractivity contribution in [1.29, 1.82) is 0 Å². The molecule has 0 heterocycles. The molecule has 1 fully saturated rings. The third kappa shape index (κ3) is 2.77. The average Bonchev–Trinajstić information content (AvgIpc) is 3.31. The van der Waals surface area contributed by atoms with Gasteiger partial charge in [-0.3, -0.25) is 0 Å². The highest BCUT2D eigenvalue weighted by atomic mass is 19.1. The molecule has 20 heavy (non-hydrogen) atoms. The van der Waals surface area contributed by atoms with Crippen LogP contribution < -0.4 is 10.1 Å². The van der Waals surface area contributed by atoms with E-state index in [1.165, 1.54) is 30.0 Å². The maximum Gasteiger partial charge on any atom is 0.146 e. The minimum absolute atomic E-state index is 0.255. The van der Waals surface area contributed by atoms with E-state index in [0.717, 1.165) is 0 Å². The molecule has 2 aromatic carbocycles. The minimum Gasteiger partial charge on any atom is -0.497 e. The zero-order valence-corrected chi connectivity index (χ0v) is 11.5. The Morgan fingerprint density at radius 1 is 1.20 bits per heavy atom. The Labute approximate surface area is 118 Å². The molecular weight excluding hydrogens is 253 g/mol. The van der Waals surface area contributed by atoms with Crippen LogP contribution in [0.4, 0.5) is 10.1 Å². The van der Waals surface area contributed by atoms with Crippen molar-refractivity contribution >= 4 is 5.69 Å². The van der Waals surface area contributed by atoms with Gasteiger partial charge in [-0.05, 0) is 42.0 Å². The van der Waals surface area contributed by atoms with Crippen LogP contribution in [0.2, 0.25) is 0 Å². The zero-order chi connectivity index (χ0) is 13.9. The van der Waals surface area contributed by atoms with Gasteiger partial charge in [0.2, 0.25) is 0 Å². The molecule has 0 amide bonds. The second-order valence-electron chi connectivity index (χ2n) is 5.17. The number of hydrogen-bond acceptors (Lipinski definition) is 2. The summed E-state index contributed by atoms with van der Waals surface area (Å²) in [5.41, 5.74) is 3.12. The van der Waals surface area contributed by atoms with Gasteiger partial charge < -0.3 is 10.1 Å². The highest BCUT2D eigenvalue weighted by molar-refractivity contribution is 5.50. The number of anilines is 1. The largest absolute Gasteiger partial charge is 0.497 e. The number of ether oxygens (including phenoxy) is 1. The molecule has 2 nitrogen and oxygen atoms in total. The summed E-state index contributed by atoms with van der Waals surface area (Å²) in [6, 6.07) is 13.1. The summed E-state index contributed by atoms with van der Waals surface area (Å²) in [5.74, 6) is 1.10. The molecule has 3 heteroatoms. The lowest BCUT2D eigenvalue weighted by Crippen LogP contribution is -2.04. The molecule has 0 aliphatic heterocycles. The summed E-state index contributed by atoms with van der Waals surface area (Å²) in [5, 5.41) is 3.17. The van der Waals surface area contributed by atoms with Crippen molar-refractivity contribution in [2.45, 2.75) is 25.3 Å². The molecule has 1 aliphatic carbocycles. The standard InChI is InChI=1S/C17H18FNO/c1-20-14-8-9-16(18)17(10-14)19-11-13-4-2-3-5-15(13)12-6-7-12/h2-5,8-10,12,19H,6-7,11H2,1H3. The number of nitrogens with one attached hydrogen (secondary N) is 1. The van der Waals surface area contributed by atoms with Crippen molar-refractivity contribution in [1.82, 2.24) is 0 Å². The number of rotatable bonds is 5. The first-order valence-corrected chi connectivity index (χ1v) is 6.93. The summed E-state index contributed by atoms with van der Waals surface area (Å²) in [6.07, 6.45) is 2.54. The molecule has 1 aliphatic rings. The maximum absolute atomic E-state index is 13.8. The van der Waals surface area contributed by atoms with E-state index < -0.39 is 0 Å². The Morgan fingerprint density at radius 3 is 2.75 bits per heavy atom. The third-order valence-electron chi connectivity index (χ3n) is 3.72. The van der Waals surface area contributed by atoms with Crippen LogP contribution in [0.3, 0.4) is 0 Å². The molecule has 0 aromatic heterocycles. The van der Waals surface area contributed by atoms with E-state index in [1.54, 1.807) is 19.2 Å². The molecule has 2 aromatic rings. The van der Waals surface area contributed by atoms with Crippen molar-refractivity contribution < 1.29 is 9.13 Å². The lowest BCUT2D eigenvalue weighted by Gasteiger charge is -2.12. The Kier molecular flexibility index (Phi) is 3.59. The normalized spacial score (nSPS) is 14.1. The first-order chi connectivity index (χ1) is 9.78. The second-order valence-corrected chi connectivity index (χ2v) is 5.17. The first kappa shape index (κ1) is 13.0. The van der Waals surface area contributed by atoms with Gasteiger partial charge in [0.05, 0.1) is 12.8 Å². The van der Waals surface area contributed by atoms with Gasteiger partial charge in [0.25, 0.3) is 0 Å². The number of halogens is 1. The molecule has 0 atom stereocenters. The lowest BCUT2D eigenvalue weighted by atomic mass is 10.0. The van der Waals surface area contributed by atoms with Crippen LogP contribution in [-0.2, 0) is 6.54 Å². The topological polar surface area (TPSA) is 21.3 Å². The van der Waals surface area contributed by atoms with Gasteiger partial charge in [-0.15, -0.1) is 0 Å². The monoisotopic (exact) mass is 271 g/mol. The van der Waals surface area contributed by atoms with Crippen LogP contribution in [0.1, 0.15) is 29.9 Å². The number of hydrogen-bond donors (Lipinski definition) is 1. The van der Waals surface area contributed by atoms with Gasteiger partial charge in [-0.1, -0.05) is 24.3 Å². The highest BCUT2D eigenvalue weighted by Gasteiger charge is 2.25. The van der Waals surface area contributed by atoms with E-state index in [2.05, 4.69) is 23.5 Å². The zero-order valence-electron chi connectivity index (χ0n) is 11.5. The third-order valence-corrected chi connectivity index (χ3v) is 3.72. The Balaban J connectivity index is 1.76. The van der Waals surface area contributed by atoms with Gasteiger partial charge >= 0.3 is 0 Å². The van der Waals surface area contributed by atoms with Crippen molar-refractivity contribution in [2.75, 3.05) is 12.4 Å². The van der Waals surface area contributed by atoms with E-state index in [4.69, 9.17) is 4.74 Å². The summed E-state index contributed by atoms with van der Waals surface area (Å²) in [4.78, 5) is 0. The van der Waals surface area contributed by atoms with Gasteiger partial charge in [0, 0.05) is 12.6 Å². The highest BCUT2D eigenvalue weighted by Crippen LogP contribution is 2.41. The number of methoxy groups -OCH3 is 1. The van der Waals surface area contributed by atoms with E-state index in [0.29, 0.717) is 23.9 Å². The van der Waals surface area contributed by atoms with Crippen molar-refractivity contribution in [3.05, 3.63) is 59.4 Å².